The zero-order valence-electron chi connectivity index (χ0n) is 14.5. The van der Waals surface area contributed by atoms with Crippen LogP contribution in [0.2, 0.25) is 0 Å². The molecular formula is C19H16N4O3S. The number of thioether (sulfide) groups is 1. The standard InChI is InChI=1S/C19H16N4O3S/c1-13-7-9-15(10-8-13)24-11-16-20-23-19(26-16)27-12-17-21-22-18(25-17)14-5-3-2-4-6-14/h2-10H,11-12H2,1H3. The van der Waals surface area contributed by atoms with E-state index in [1.54, 1.807) is 0 Å². The van der Waals surface area contributed by atoms with Crippen LogP contribution < -0.4 is 4.74 Å². The molecule has 0 atom stereocenters. The molecule has 0 bridgehead atoms. The van der Waals surface area contributed by atoms with Crippen LogP contribution in [0.3, 0.4) is 0 Å². The van der Waals surface area contributed by atoms with Crippen LogP contribution in [0.25, 0.3) is 11.5 Å². The Balaban J connectivity index is 1.31. The molecule has 4 aromatic rings. The molecule has 0 spiro atoms. The molecule has 7 nitrogen and oxygen atoms in total. The summed E-state index contributed by atoms with van der Waals surface area (Å²) >= 11 is 1.33. The lowest BCUT2D eigenvalue weighted by molar-refractivity contribution is 0.252. The van der Waals surface area contributed by atoms with Crippen molar-refractivity contribution in [1.29, 1.82) is 0 Å². The van der Waals surface area contributed by atoms with Crippen LogP contribution in [0, 0.1) is 6.92 Å². The molecular weight excluding hydrogens is 364 g/mol. The third-order valence-corrected chi connectivity index (χ3v) is 4.44. The first kappa shape index (κ1) is 17.3. The molecule has 2 heterocycles. The summed E-state index contributed by atoms with van der Waals surface area (Å²) in [7, 11) is 0. The Kier molecular flexibility index (Phi) is 5.15. The van der Waals surface area contributed by atoms with Gasteiger partial charge < -0.3 is 13.6 Å². The van der Waals surface area contributed by atoms with Gasteiger partial charge in [-0.3, -0.25) is 0 Å². The maximum absolute atomic E-state index is 5.66. The molecule has 4 rings (SSSR count). The third-order valence-electron chi connectivity index (χ3n) is 3.64. The number of aromatic nitrogens is 4. The van der Waals surface area contributed by atoms with Gasteiger partial charge in [0.15, 0.2) is 6.61 Å². The molecule has 0 aliphatic rings. The summed E-state index contributed by atoms with van der Waals surface area (Å²) in [5, 5.41) is 16.5. The van der Waals surface area contributed by atoms with E-state index in [4.69, 9.17) is 13.6 Å². The van der Waals surface area contributed by atoms with Crippen molar-refractivity contribution >= 4 is 11.8 Å². The highest BCUT2D eigenvalue weighted by Crippen LogP contribution is 2.24. The average molecular weight is 380 g/mol. The molecule has 0 unspecified atom stereocenters. The first-order chi connectivity index (χ1) is 13.3. The average Bonchev–Trinajstić information content (AvgIpc) is 3.36. The first-order valence-corrected chi connectivity index (χ1v) is 9.27. The molecule has 27 heavy (non-hydrogen) atoms. The van der Waals surface area contributed by atoms with Crippen molar-refractivity contribution in [3.63, 3.8) is 0 Å². The van der Waals surface area contributed by atoms with E-state index in [9.17, 15) is 0 Å². The fourth-order valence-corrected chi connectivity index (χ4v) is 2.88. The number of rotatable bonds is 7. The summed E-state index contributed by atoms with van der Waals surface area (Å²) in [4.78, 5) is 0. The molecule has 0 amide bonds. The van der Waals surface area contributed by atoms with Crippen molar-refractivity contribution in [1.82, 2.24) is 20.4 Å². The maximum Gasteiger partial charge on any atom is 0.277 e. The molecule has 0 saturated heterocycles. The molecule has 0 saturated carbocycles. The van der Waals surface area contributed by atoms with Crippen LogP contribution in [0.4, 0.5) is 0 Å². The summed E-state index contributed by atoms with van der Waals surface area (Å²) in [6, 6.07) is 17.4. The van der Waals surface area contributed by atoms with Gasteiger partial charge in [0, 0.05) is 5.56 Å². The van der Waals surface area contributed by atoms with E-state index in [0.29, 0.717) is 28.6 Å². The van der Waals surface area contributed by atoms with Gasteiger partial charge in [-0.05, 0) is 31.2 Å². The molecule has 0 radical (unpaired) electrons. The fraction of sp³-hybridized carbons (Fsp3) is 0.158. The second-order valence-corrected chi connectivity index (χ2v) is 6.65. The van der Waals surface area contributed by atoms with Gasteiger partial charge >= 0.3 is 0 Å². The topological polar surface area (TPSA) is 87.1 Å². The maximum atomic E-state index is 5.66. The van der Waals surface area contributed by atoms with Crippen LogP contribution in [0.5, 0.6) is 5.75 Å². The van der Waals surface area contributed by atoms with Gasteiger partial charge in [-0.15, -0.1) is 20.4 Å². The van der Waals surface area contributed by atoms with Gasteiger partial charge in [-0.2, -0.15) is 0 Å². The van der Waals surface area contributed by atoms with Gasteiger partial charge in [0.2, 0.25) is 11.8 Å². The monoisotopic (exact) mass is 380 g/mol. The van der Waals surface area contributed by atoms with Crippen LogP contribution >= 0.6 is 11.8 Å². The number of benzene rings is 2. The van der Waals surface area contributed by atoms with Crippen molar-refractivity contribution in [3.8, 4) is 17.2 Å². The van der Waals surface area contributed by atoms with E-state index < -0.39 is 0 Å². The number of ether oxygens (including phenoxy) is 1. The highest BCUT2D eigenvalue weighted by molar-refractivity contribution is 7.98. The Morgan fingerprint density at radius 3 is 2.44 bits per heavy atom. The number of hydrogen-bond acceptors (Lipinski definition) is 8. The van der Waals surface area contributed by atoms with Crippen molar-refractivity contribution in [2.75, 3.05) is 0 Å². The lowest BCUT2D eigenvalue weighted by atomic mass is 10.2. The largest absolute Gasteiger partial charge is 0.484 e. The Labute approximate surface area is 159 Å². The smallest absolute Gasteiger partial charge is 0.277 e. The highest BCUT2D eigenvalue weighted by Gasteiger charge is 2.12. The zero-order chi connectivity index (χ0) is 18.5. The van der Waals surface area contributed by atoms with E-state index >= 15 is 0 Å². The minimum Gasteiger partial charge on any atom is -0.484 e. The van der Waals surface area contributed by atoms with Crippen LogP contribution in [0.1, 0.15) is 17.3 Å². The van der Waals surface area contributed by atoms with Crippen LogP contribution in [-0.4, -0.2) is 20.4 Å². The minimum absolute atomic E-state index is 0.218. The zero-order valence-corrected chi connectivity index (χ0v) is 15.3. The van der Waals surface area contributed by atoms with Crippen LogP contribution in [0.15, 0.2) is 68.7 Å². The molecule has 2 aromatic heterocycles. The van der Waals surface area contributed by atoms with Gasteiger partial charge in [0.25, 0.3) is 11.1 Å². The van der Waals surface area contributed by atoms with E-state index in [0.717, 1.165) is 11.3 Å². The van der Waals surface area contributed by atoms with Gasteiger partial charge in [-0.1, -0.05) is 47.7 Å². The SMILES string of the molecule is Cc1ccc(OCc2nnc(SCc3nnc(-c4ccccc4)o3)o2)cc1. The lowest BCUT2D eigenvalue weighted by Gasteiger charge is -2.02. The lowest BCUT2D eigenvalue weighted by Crippen LogP contribution is -1.95. The van der Waals surface area contributed by atoms with E-state index in [-0.39, 0.29) is 6.61 Å². The summed E-state index contributed by atoms with van der Waals surface area (Å²) < 4.78 is 16.9. The molecule has 0 aliphatic heterocycles. The summed E-state index contributed by atoms with van der Waals surface area (Å²) in [6.45, 7) is 2.24. The van der Waals surface area contributed by atoms with E-state index in [1.807, 2.05) is 61.5 Å². The normalized spacial score (nSPS) is 10.9. The Hall–Kier alpha value is -3.13. The Morgan fingerprint density at radius 1 is 0.852 bits per heavy atom. The van der Waals surface area contributed by atoms with Gasteiger partial charge in [0.1, 0.15) is 5.75 Å². The third kappa shape index (κ3) is 4.53. The fourth-order valence-electron chi connectivity index (χ4n) is 2.27. The van der Waals surface area contributed by atoms with E-state index in [2.05, 4.69) is 20.4 Å². The molecule has 8 heteroatoms. The second kappa shape index (κ2) is 8.05. The van der Waals surface area contributed by atoms with Crippen molar-refractivity contribution in [2.24, 2.45) is 0 Å². The van der Waals surface area contributed by atoms with Crippen molar-refractivity contribution < 1.29 is 13.6 Å². The number of nitrogens with zero attached hydrogens (tertiary/aromatic N) is 4. The molecule has 0 aliphatic carbocycles. The predicted molar refractivity (Wildman–Crippen MR) is 99.1 cm³/mol. The summed E-state index contributed by atoms with van der Waals surface area (Å²) in [5.41, 5.74) is 2.06. The van der Waals surface area contributed by atoms with Crippen molar-refractivity contribution in [2.45, 2.75) is 24.5 Å². The first-order valence-electron chi connectivity index (χ1n) is 8.29. The number of aryl methyl sites for hydroxylation is 1. The quantitative estimate of drug-likeness (QED) is 0.439. The summed E-state index contributed by atoms with van der Waals surface area (Å²) in [5.74, 6) is 2.60. The minimum atomic E-state index is 0.218. The van der Waals surface area contributed by atoms with Crippen LogP contribution in [-0.2, 0) is 12.4 Å². The molecule has 2 aromatic carbocycles. The Bertz CT molecular complexity index is 999. The number of hydrogen-bond donors (Lipinski definition) is 0. The highest BCUT2D eigenvalue weighted by atomic mass is 32.2. The van der Waals surface area contributed by atoms with Gasteiger partial charge in [-0.25, -0.2) is 0 Å². The molecule has 0 N–H and O–H groups in total. The predicted octanol–water partition coefficient (Wildman–Crippen LogP) is 4.30. The molecule has 136 valence electrons. The van der Waals surface area contributed by atoms with Crippen molar-refractivity contribution in [3.05, 3.63) is 71.9 Å². The summed E-state index contributed by atoms with van der Waals surface area (Å²) in [6.07, 6.45) is 0. The Morgan fingerprint density at radius 2 is 1.63 bits per heavy atom. The van der Waals surface area contributed by atoms with Gasteiger partial charge in [0.05, 0.1) is 5.75 Å². The van der Waals surface area contributed by atoms with E-state index in [1.165, 1.54) is 17.3 Å². The molecule has 0 fully saturated rings. The second-order valence-electron chi connectivity index (χ2n) is 5.72.